The van der Waals surface area contributed by atoms with Crippen molar-refractivity contribution in [2.24, 2.45) is 0 Å². The molecule has 4 nitrogen and oxygen atoms in total. The quantitative estimate of drug-likeness (QED) is 0.878. The van der Waals surface area contributed by atoms with Crippen molar-refractivity contribution in [2.45, 2.75) is 10.8 Å². The molecule has 0 aliphatic heterocycles. The number of aromatic nitrogens is 1. The molecule has 0 saturated carbocycles. The average molecular weight is 301 g/mol. The third-order valence-electron chi connectivity index (χ3n) is 2.55. The van der Waals surface area contributed by atoms with Crippen molar-refractivity contribution in [2.75, 3.05) is 5.73 Å². The Kier molecular flexibility index (Phi) is 4.47. The molecule has 2 N–H and O–H groups in total. The van der Waals surface area contributed by atoms with Crippen molar-refractivity contribution in [3.05, 3.63) is 52.0 Å². The molecular weight excluding hydrogens is 292 g/mol. The molecule has 1 aromatic heterocycles. The minimum Gasteiger partial charge on any atom is -0.383 e. The van der Waals surface area contributed by atoms with E-state index in [0.29, 0.717) is 21.4 Å². The lowest BCUT2D eigenvalue weighted by molar-refractivity contribution is 1.11. The topological polar surface area (TPSA) is 86.5 Å². The lowest BCUT2D eigenvalue weighted by atomic mass is 10.2. The number of nitrogen functional groups attached to an aromatic ring is 1. The molecule has 1 heterocycles. The Bertz CT molecular complexity index is 714. The van der Waals surface area contributed by atoms with Crippen LogP contribution in [0.4, 0.5) is 5.82 Å². The summed E-state index contributed by atoms with van der Waals surface area (Å²) >= 11 is 7.22. The van der Waals surface area contributed by atoms with Gasteiger partial charge in [0.25, 0.3) is 0 Å². The summed E-state index contributed by atoms with van der Waals surface area (Å²) < 4.78 is 0. The Morgan fingerprint density at radius 1 is 1.15 bits per heavy atom. The molecule has 0 bridgehead atoms. The summed E-state index contributed by atoms with van der Waals surface area (Å²) in [5.41, 5.74) is 7.31. The molecule has 0 saturated heterocycles. The Morgan fingerprint density at radius 2 is 1.80 bits per heavy atom. The molecule has 2 aromatic rings. The zero-order valence-corrected chi connectivity index (χ0v) is 11.9. The number of benzene rings is 1. The summed E-state index contributed by atoms with van der Waals surface area (Å²) in [5.74, 6) is 0.787. The summed E-state index contributed by atoms with van der Waals surface area (Å²) in [6, 6.07) is 12.9. The van der Waals surface area contributed by atoms with Crippen LogP contribution in [0.1, 0.15) is 16.7 Å². The second-order valence-electron chi connectivity index (χ2n) is 3.91. The molecule has 2 rings (SSSR count). The van der Waals surface area contributed by atoms with Crippen molar-refractivity contribution in [1.82, 2.24) is 4.98 Å². The zero-order valence-electron chi connectivity index (χ0n) is 10.3. The first-order valence-corrected chi connectivity index (χ1v) is 6.98. The number of halogens is 1. The molecule has 6 heteroatoms. The molecule has 0 aliphatic rings. The minimum atomic E-state index is 0.144. The predicted octanol–water partition coefficient (Wildman–Crippen LogP) is 3.35. The van der Waals surface area contributed by atoms with Crippen molar-refractivity contribution in [3.8, 4) is 12.1 Å². The van der Waals surface area contributed by atoms with E-state index in [2.05, 4.69) is 4.98 Å². The van der Waals surface area contributed by atoms with E-state index in [-0.39, 0.29) is 11.4 Å². The average Bonchev–Trinajstić information content (AvgIpc) is 2.46. The maximum Gasteiger partial charge on any atom is 0.142 e. The summed E-state index contributed by atoms with van der Waals surface area (Å²) in [6.45, 7) is 0. The molecule has 0 fully saturated rings. The highest BCUT2D eigenvalue weighted by Gasteiger charge is 2.10. The molecule has 0 atom stereocenters. The van der Waals surface area contributed by atoms with Crippen molar-refractivity contribution >= 4 is 29.2 Å². The van der Waals surface area contributed by atoms with E-state index in [0.717, 1.165) is 5.56 Å². The van der Waals surface area contributed by atoms with Gasteiger partial charge < -0.3 is 5.73 Å². The van der Waals surface area contributed by atoms with Gasteiger partial charge in [0.05, 0.1) is 11.1 Å². The second kappa shape index (κ2) is 6.29. The molecular formula is C14H9ClN4S. The van der Waals surface area contributed by atoms with E-state index in [9.17, 15) is 0 Å². The fourth-order valence-electron chi connectivity index (χ4n) is 1.52. The molecule has 0 unspecified atom stereocenters. The fourth-order valence-corrected chi connectivity index (χ4v) is 2.57. The van der Waals surface area contributed by atoms with Crippen LogP contribution in [0.5, 0.6) is 0 Å². The van der Waals surface area contributed by atoms with Crippen LogP contribution in [0, 0.1) is 22.7 Å². The van der Waals surface area contributed by atoms with Gasteiger partial charge in [-0.15, -0.1) is 11.8 Å². The summed E-state index contributed by atoms with van der Waals surface area (Å²) in [7, 11) is 0. The van der Waals surface area contributed by atoms with E-state index >= 15 is 0 Å². The number of hydrogen-bond acceptors (Lipinski definition) is 5. The first-order chi connectivity index (χ1) is 9.63. The number of rotatable bonds is 3. The van der Waals surface area contributed by atoms with Gasteiger partial charge >= 0.3 is 0 Å². The SMILES string of the molecule is N#Cc1cc(C#N)c(SCc2ccc(Cl)cc2)nc1N. The van der Waals surface area contributed by atoms with Gasteiger partial charge in [-0.05, 0) is 23.8 Å². The largest absolute Gasteiger partial charge is 0.383 e. The van der Waals surface area contributed by atoms with Gasteiger partial charge in [0.2, 0.25) is 0 Å². The van der Waals surface area contributed by atoms with Gasteiger partial charge in [-0.2, -0.15) is 10.5 Å². The van der Waals surface area contributed by atoms with Crippen molar-refractivity contribution in [3.63, 3.8) is 0 Å². The van der Waals surface area contributed by atoms with Gasteiger partial charge in [-0.3, -0.25) is 0 Å². The molecule has 0 radical (unpaired) electrons. The molecule has 0 aliphatic carbocycles. The van der Waals surface area contributed by atoms with Gasteiger partial charge in [0, 0.05) is 10.8 Å². The monoisotopic (exact) mass is 300 g/mol. The van der Waals surface area contributed by atoms with Gasteiger partial charge in [0.1, 0.15) is 23.0 Å². The maximum absolute atomic E-state index is 9.09. The van der Waals surface area contributed by atoms with Crippen LogP contribution >= 0.6 is 23.4 Å². The predicted molar refractivity (Wildman–Crippen MR) is 79.1 cm³/mol. The van der Waals surface area contributed by atoms with E-state index in [4.69, 9.17) is 27.9 Å². The Morgan fingerprint density at radius 3 is 2.40 bits per heavy atom. The van der Waals surface area contributed by atoms with Crippen LogP contribution < -0.4 is 5.73 Å². The highest BCUT2D eigenvalue weighted by atomic mass is 35.5. The Labute approximate surface area is 125 Å². The summed E-state index contributed by atoms with van der Waals surface area (Å²) in [5, 5.41) is 19.2. The first kappa shape index (κ1) is 14.2. The molecule has 0 amide bonds. The smallest absolute Gasteiger partial charge is 0.142 e. The number of nitriles is 2. The van der Waals surface area contributed by atoms with Crippen LogP contribution in [-0.4, -0.2) is 4.98 Å². The van der Waals surface area contributed by atoms with Crippen LogP contribution in [0.25, 0.3) is 0 Å². The van der Waals surface area contributed by atoms with Crippen LogP contribution in [0.15, 0.2) is 35.4 Å². The Hall–Kier alpha value is -2.21. The molecule has 0 spiro atoms. The third-order valence-corrected chi connectivity index (χ3v) is 3.86. The number of anilines is 1. The van der Waals surface area contributed by atoms with Gasteiger partial charge in [0.15, 0.2) is 0 Å². The van der Waals surface area contributed by atoms with E-state index in [1.807, 2.05) is 36.4 Å². The fraction of sp³-hybridized carbons (Fsp3) is 0.0714. The lowest BCUT2D eigenvalue weighted by Crippen LogP contribution is -1.99. The standard InChI is InChI=1S/C14H9ClN4S/c15-12-3-1-9(2-4-12)8-20-14-11(7-17)5-10(6-16)13(18)19-14/h1-5H,8H2,(H2,18,19). The number of hydrogen-bond donors (Lipinski definition) is 1. The van der Waals surface area contributed by atoms with Crippen LogP contribution in [-0.2, 0) is 5.75 Å². The highest BCUT2D eigenvalue weighted by molar-refractivity contribution is 7.98. The van der Waals surface area contributed by atoms with Gasteiger partial charge in [-0.25, -0.2) is 4.98 Å². The number of thioether (sulfide) groups is 1. The van der Waals surface area contributed by atoms with Gasteiger partial charge in [-0.1, -0.05) is 23.7 Å². The minimum absolute atomic E-state index is 0.144. The third kappa shape index (κ3) is 3.21. The second-order valence-corrected chi connectivity index (χ2v) is 5.31. The number of nitrogens with two attached hydrogens (primary N) is 1. The summed E-state index contributed by atoms with van der Waals surface area (Å²) in [4.78, 5) is 4.12. The highest BCUT2D eigenvalue weighted by Crippen LogP contribution is 2.27. The molecule has 20 heavy (non-hydrogen) atoms. The number of pyridine rings is 1. The zero-order chi connectivity index (χ0) is 14.5. The number of nitrogens with zero attached hydrogens (tertiary/aromatic N) is 3. The summed E-state index contributed by atoms with van der Waals surface area (Å²) in [6.07, 6.45) is 0. The van der Waals surface area contributed by atoms with Crippen molar-refractivity contribution in [1.29, 1.82) is 10.5 Å². The van der Waals surface area contributed by atoms with E-state index in [1.165, 1.54) is 17.8 Å². The lowest BCUT2D eigenvalue weighted by Gasteiger charge is -2.06. The van der Waals surface area contributed by atoms with E-state index < -0.39 is 0 Å². The van der Waals surface area contributed by atoms with Crippen molar-refractivity contribution < 1.29 is 0 Å². The maximum atomic E-state index is 9.09. The van der Waals surface area contributed by atoms with Crippen LogP contribution in [0.3, 0.4) is 0 Å². The van der Waals surface area contributed by atoms with Crippen LogP contribution in [0.2, 0.25) is 5.02 Å². The Balaban J connectivity index is 2.21. The molecule has 98 valence electrons. The normalized spacial score (nSPS) is 9.75. The van der Waals surface area contributed by atoms with E-state index in [1.54, 1.807) is 0 Å². The molecule has 1 aromatic carbocycles. The first-order valence-electron chi connectivity index (χ1n) is 5.62.